The molecule has 0 aliphatic heterocycles. The lowest BCUT2D eigenvalue weighted by molar-refractivity contribution is 0.596. The van der Waals surface area contributed by atoms with Crippen LogP contribution < -0.4 is 16.9 Å². The van der Waals surface area contributed by atoms with E-state index in [1.165, 1.54) is 4.68 Å². The monoisotopic (exact) mass is 280 g/mol. The molecular weight excluding hydrogens is 268 g/mol. The number of nitrogens with one attached hydrogen (secondary N) is 1. The minimum atomic E-state index is -0.836. The molecule has 0 aliphatic carbocycles. The van der Waals surface area contributed by atoms with Crippen molar-refractivity contribution in [2.24, 2.45) is 7.05 Å². The summed E-state index contributed by atoms with van der Waals surface area (Å²) < 4.78 is 1.36. The number of hydrogen-bond acceptors (Lipinski definition) is 7. The van der Waals surface area contributed by atoms with E-state index < -0.39 is 11.1 Å². The standard InChI is InChI=1S/C10H12N6O2S/c1-4-6(11)12-5(2)13-9(4)19-10-14-7(17)8(18)15-16(10)3/h1-3H3,(H,15,18)(H2,11,12,13). The summed E-state index contributed by atoms with van der Waals surface area (Å²) in [4.78, 5) is 34.4. The summed E-state index contributed by atoms with van der Waals surface area (Å²) in [6, 6.07) is 0. The first-order valence-electron chi connectivity index (χ1n) is 5.34. The summed E-state index contributed by atoms with van der Waals surface area (Å²) >= 11 is 1.14. The van der Waals surface area contributed by atoms with E-state index in [0.717, 1.165) is 11.8 Å². The number of nitrogens with zero attached hydrogens (tertiary/aromatic N) is 4. The van der Waals surface area contributed by atoms with Gasteiger partial charge in [0.15, 0.2) is 5.16 Å². The van der Waals surface area contributed by atoms with Crippen molar-refractivity contribution < 1.29 is 0 Å². The van der Waals surface area contributed by atoms with Crippen molar-refractivity contribution in [3.05, 3.63) is 32.1 Å². The highest BCUT2D eigenvalue weighted by Gasteiger charge is 2.12. The van der Waals surface area contributed by atoms with Crippen LogP contribution >= 0.6 is 11.8 Å². The maximum Gasteiger partial charge on any atom is 0.339 e. The average molecular weight is 280 g/mol. The number of anilines is 1. The minimum Gasteiger partial charge on any atom is -0.383 e. The SMILES string of the molecule is Cc1nc(N)c(C)c(Sc2nc(=O)c(=O)[nH]n2C)n1. The lowest BCUT2D eigenvalue weighted by atomic mass is 10.3. The summed E-state index contributed by atoms with van der Waals surface area (Å²) in [5, 5.41) is 3.29. The fourth-order valence-corrected chi connectivity index (χ4v) is 2.28. The molecule has 0 saturated carbocycles. The van der Waals surface area contributed by atoms with Crippen LogP contribution in [0.15, 0.2) is 19.8 Å². The van der Waals surface area contributed by atoms with Crippen LogP contribution in [0.1, 0.15) is 11.4 Å². The molecule has 2 heterocycles. The van der Waals surface area contributed by atoms with Gasteiger partial charge in [-0.1, -0.05) is 0 Å². The lowest BCUT2D eigenvalue weighted by Gasteiger charge is -2.09. The van der Waals surface area contributed by atoms with Gasteiger partial charge in [-0.15, -0.1) is 0 Å². The molecule has 0 aromatic carbocycles. The van der Waals surface area contributed by atoms with E-state index in [1.807, 2.05) is 0 Å². The van der Waals surface area contributed by atoms with E-state index in [2.05, 4.69) is 20.1 Å². The number of hydrogen-bond donors (Lipinski definition) is 2. The third-order valence-electron chi connectivity index (χ3n) is 2.39. The van der Waals surface area contributed by atoms with Gasteiger partial charge in [0.25, 0.3) is 0 Å². The normalized spacial score (nSPS) is 10.7. The highest BCUT2D eigenvalue weighted by molar-refractivity contribution is 7.99. The first kappa shape index (κ1) is 13.3. The average Bonchev–Trinajstić information content (AvgIpc) is 2.32. The number of nitrogens with two attached hydrogens (primary N) is 1. The Morgan fingerprint density at radius 2 is 1.89 bits per heavy atom. The van der Waals surface area contributed by atoms with Crippen LogP contribution in [0.25, 0.3) is 0 Å². The number of H-pyrrole nitrogens is 1. The third-order valence-corrected chi connectivity index (χ3v) is 3.52. The first-order chi connectivity index (χ1) is 8.88. The van der Waals surface area contributed by atoms with E-state index in [0.29, 0.717) is 27.4 Å². The van der Waals surface area contributed by atoms with Crippen molar-refractivity contribution in [1.29, 1.82) is 0 Å². The molecule has 0 radical (unpaired) electrons. The van der Waals surface area contributed by atoms with Gasteiger partial charge in [0.05, 0.1) is 0 Å². The quantitative estimate of drug-likeness (QED) is 0.567. The van der Waals surface area contributed by atoms with Crippen molar-refractivity contribution in [3.63, 3.8) is 0 Å². The molecule has 2 rings (SSSR count). The molecule has 2 aromatic rings. The molecule has 0 amide bonds. The van der Waals surface area contributed by atoms with Gasteiger partial charge in [0.1, 0.15) is 16.7 Å². The highest BCUT2D eigenvalue weighted by atomic mass is 32.2. The number of aromatic nitrogens is 5. The van der Waals surface area contributed by atoms with E-state index >= 15 is 0 Å². The predicted octanol–water partition coefficient (Wildman–Crippen LogP) is -0.391. The molecule has 2 aromatic heterocycles. The van der Waals surface area contributed by atoms with Crippen molar-refractivity contribution in [2.75, 3.05) is 5.73 Å². The predicted molar refractivity (Wildman–Crippen MR) is 70.1 cm³/mol. The number of nitrogen functional groups attached to an aromatic ring is 1. The van der Waals surface area contributed by atoms with E-state index in [-0.39, 0.29) is 0 Å². The van der Waals surface area contributed by atoms with E-state index in [1.54, 1.807) is 20.9 Å². The summed E-state index contributed by atoms with van der Waals surface area (Å²) in [5.41, 5.74) is 4.86. The molecule has 0 fully saturated rings. The summed E-state index contributed by atoms with van der Waals surface area (Å²) in [7, 11) is 1.59. The Labute approximate surface area is 112 Å². The maximum atomic E-state index is 11.3. The maximum absolute atomic E-state index is 11.3. The van der Waals surface area contributed by atoms with Crippen LogP contribution in [-0.4, -0.2) is 24.7 Å². The zero-order chi connectivity index (χ0) is 14.2. The minimum absolute atomic E-state index is 0.324. The van der Waals surface area contributed by atoms with Crippen LogP contribution in [0.5, 0.6) is 0 Å². The molecule has 0 bridgehead atoms. The first-order valence-corrected chi connectivity index (χ1v) is 6.16. The topological polar surface area (TPSA) is 120 Å². The molecule has 0 spiro atoms. The van der Waals surface area contributed by atoms with Crippen LogP contribution in [0, 0.1) is 13.8 Å². The van der Waals surface area contributed by atoms with Gasteiger partial charge in [-0.25, -0.2) is 9.97 Å². The second-order valence-electron chi connectivity index (χ2n) is 3.89. The van der Waals surface area contributed by atoms with Gasteiger partial charge in [-0.2, -0.15) is 4.98 Å². The Morgan fingerprint density at radius 3 is 2.58 bits per heavy atom. The number of rotatable bonds is 2. The zero-order valence-electron chi connectivity index (χ0n) is 10.6. The van der Waals surface area contributed by atoms with Gasteiger partial charge in [-0.3, -0.25) is 19.4 Å². The van der Waals surface area contributed by atoms with Crippen molar-refractivity contribution in [1.82, 2.24) is 24.7 Å². The fraction of sp³-hybridized carbons (Fsp3) is 0.300. The van der Waals surface area contributed by atoms with Gasteiger partial charge in [0, 0.05) is 12.6 Å². The molecular formula is C10H12N6O2S. The Kier molecular flexibility index (Phi) is 3.38. The Balaban J connectivity index is 2.50. The van der Waals surface area contributed by atoms with Crippen LogP contribution in [0.3, 0.4) is 0 Å². The van der Waals surface area contributed by atoms with Crippen LogP contribution in [0.4, 0.5) is 5.82 Å². The van der Waals surface area contributed by atoms with Crippen molar-refractivity contribution in [3.8, 4) is 0 Å². The van der Waals surface area contributed by atoms with Gasteiger partial charge < -0.3 is 5.73 Å². The van der Waals surface area contributed by atoms with Crippen LogP contribution in [-0.2, 0) is 7.05 Å². The molecule has 100 valence electrons. The molecule has 9 heteroatoms. The Hall–Kier alpha value is -2.16. The molecule has 0 atom stereocenters. The van der Waals surface area contributed by atoms with Crippen molar-refractivity contribution in [2.45, 2.75) is 24.0 Å². The van der Waals surface area contributed by atoms with E-state index in [9.17, 15) is 9.59 Å². The second kappa shape index (κ2) is 4.84. The van der Waals surface area contributed by atoms with Gasteiger partial charge in [-0.05, 0) is 25.6 Å². The second-order valence-corrected chi connectivity index (χ2v) is 4.84. The summed E-state index contributed by atoms with van der Waals surface area (Å²) in [6.45, 7) is 3.50. The smallest absolute Gasteiger partial charge is 0.339 e. The summed E-state index contributed by atoms with van der Waals surface area (Å²) in [6.07, 6.45) is 0. The zero-order valence-corrected chi connectivity index (χ0v) is 11.4. The molecule has 0 saturated heterocycles. The number of aromatic amines is 1. The highest BCUT2D eigenvalue weighted by Crippen LogP contribution is 2.27. The fourth-order valence-electron chi connectivity index (χ4n) is 1.36. The van der Waals surface area contributed by atoms with Gasteiger partial charge >= 0.3 is 11.1 Å². The van der Waals surface area contributed by atoms with Crippen LogP contribution in [0.2, 0.25) is 0 Å². The molecule has 0 aliphatic rings. The Morgan fingerprint density at radius 1 is 1.21 bits per heavy atom. The Bertz CT molecular complexity index is 751. The molecule has 8 nitrogen and oxygen atoms in total. The largest absolute Gasteiger partial charge is 0.383 e. The molecule has 0 unspecified atom stereocenters. The number of aryl methyl sites for hydroxylation is 2. The van der Waals surface area contributed by atoms with E-state index in [4.69, 9.17) is 5.73 Å². The third kappa shape index (κ3) is 2.65. The molecule has 19 heavy (non-hydrogen) atoms. The van der Waals surface area contributed by atoms with Gasteiger partial charge in [0.2, 0.25) is 0 Å². The molecule has 3 N–H and O–H groups in total. The summed E-state index contributed by atoms with van der Waals surface area (Å²) in [5.74, 6) is 0.907. The van der Waals surface area contributed by atoms with Crippen molar-refractivity contribution >= 4 is 17.6 Å². The lowest BCUT2D eigenvalue weighted by Crippen LogP contribution is -2.33.